The standard InChI is InChI=1S/C11H14N2O4/c12-7-9-14-5-1-3-11(16-9)4-2-6-15-10(8-13)17-11/h9-10H,1-6H2. The second kappa shape index (κ2) is 5.44. The van der Waals surface area contributed by atoms with Crippen molar-refractivity contribution in [2.75, 3.05) is 13.2 Å². The Kier molecular flexibility index (Phi) is 3.93. The Morgan fingerprint density at radius 2 is 1.35 bits per heavy atom. The van der Waals surface area contributed by atoms with Gasteiger partial charge in [0, 0.05) is 12.8 Å². The third kappa shape index (κ3) is 2.93. The maximum Gasteiger partial charge on any atom is 0.250 e. The molecule has 2 aliphatic rings. The van der Waals surface area contributed by atoms with Crippen LogP contribution in [0.3, 0.4) is 0 Å². The van der Waals surface area contributed by atoms with Gasteiger partial charge in [-0.2, -0.15) is 10.5 Å². The number of nitrogens with zero attached hydrogens (tertiary/aromatic N) is 2. The molecule has 0 N–H and O–H groups in total. The van der Waals surface area contributed by atoms with Crippen molar-refractivity contribution in [3.05, 3.63) is 0 Å². The van der Waals surface area contributed by atoms with Crippen LogP contribution in [-0.2, 0) is 18.9 Å². The molecule has 6 heteroatoms. The minimum Gasteiger partial charge on any atom is -0.340 e. The fourth-order valence-electron chi connectivity index (χ4n) is 2.04. The zero-order chi connectivity index (χ0) is 12.1. The highest BCUT2D eigenvalue weighted by Gasteiger charge is 2.41. The van der Waals surface area contributed by atoms with Crippen LogP contribution in [0.2, 0.25) is 0 Å². The molecule has 6 nitrogen and oxygen atoms in total. The molecule has 1 spiro atoms. The normalized spacial score (nSPS) is 38.7. The summed E-state index contributed by atoms with van der Waals surface area (Å²) in [5.41, 5.74) is 0. The van der Waals surface area contributed by atoms with E-state index >= 15 is 0 Å². The molecule has 0 aromatic heterocycles. The van der Waals surface area contributed by atoms with Crippen LogP contribution < -0.4 is 0 Å². The highest BCUT2D eigenvalue weighted by atomic mass is 16.8. The quantitative estimate of drug-likeness (QED) is 0.626. The minimum absolute atomic E-state index is 0.460. The van der Waals surface area contributed by atoms with Crippen molar-refractivity contribution in [2.24, 2.45) is 0 Å². The van der Waals surface area contributed by atoms with E-state index in [1.165, 1.54) is 0 Å². The van der Waals surface area contributed by atoms with E-state index < -0.39 is 18.4 Å². The van der Waals surface area contributed by atoms with Crippen molar-refractivity contribution >= 4 is 0 Å². The van der Waals surface area contributed by atoms with E-state index in [-0.39, 0.29) is 0 Å². The van der Waals surface area contributed by atoms with E-state index in [0.29, 0.717) is 26.1 Å². The van der Waals surface area contributed by atoms with Gasteiger partial charge in [-0.3, -0.25) is 0 Å². The van der Waals surface area contributed by atoms with Crippen LogP contribution in [0.5, 0.6) is 0 Å². The fourth-order valence-corrected chi connectivity index (χ4v) is 2.04. The van der Waals surface area contributed by atoms with E-state index in [1.54, 1.807) is 0 Å². The van der Waals surface area contributed by atoms with E-state index in [1.807, 2.05) is 12.1 Å². The van der Waals surface area contributed by atoms with Crippen LogP contribution in [0.15, 0.2) is 0 Å². The van der Waals surface area contributed by atoms with Gasteiger partial charge in [0.05, 0.1) is 13.2 Å². The lowest BCUT2D eigenvalue weighted by molar-refractivity contribution is -0.314. The number of hydrogen-bond acceptors (Lipinski definition) is 6. The molecule has 0 radical (unpaired) electrons. The van der Waals surface area contributed by atoms with Gasteiger partial charge in [-0.1, -0.05) is 0 Å². The Hall–Kier alpha value is -1.18. The van der Waals surface area contributed by atoms with Crippen LogP contribution in [0.4, 0.5) is 0 Å². The predicted octanol–water partition coefficient (Wildman–Crippen LogP) is 1.04. The molecule has 2 saturated heterocycles. The first-order valence-electron chi connectivity index (χ1n) is 5.66. The third-order valence-electron chi connectivity index (χ3n) is 2.80. The molecule has 2 rings (SSSR count). The summed E-state index contributed by atoms with van der Waals surface area (Å²) in [6, 6.07) is 3.84. The molecule has 2 aliphatic heterocycles. The average Bonchev–Trinajstić information content (AvgIpc) is 2.68. The van der Waals surface area contributed by atoms with Gasteiger partial charge in [-0.05, 0) is 12.8 Å². The number of ether oxygens (including phenoxy) is 4. The van der Waals surface area contributed by atoms with Crippen molar-refractivity contribution < 1.29 is 18.9 Å². The lowest BCUT2D eigenvalue weighted by atomic mass is 10.1. The molecule has 0 amide bonds. The van der Waals surface area contributed by atoms with Crippen LogP contribution in [-0.4, -0.2) is 31.6 Å². The number of hydrogen-bond donors (Lipinski definition) is 0. The molecule has 0 aliphatic carbocycles. The predicted molar refractivity (Wildman–Crippen MR) is 54.1 cm³/mol. The fraction of sp³-hybridized carbons (Fsp3) is 0.818. The molecule has 0 aromatic rings. The number of rotatable bonds is 0. The summed E-state index contributed by atoms with van der Waals surface area (Å²) in [7, 11) is 0. The first-order chi connectivity index (χ1) is 8.28. The van der Waals surface area contributed by atoms with E-state index in [2.05, 4.69) is 0 Å². The molecule has 0 bridgehead atoms. The van der Waals surface area contributed by atoms with Crippen LogP contribution in [0.25, 0.3) is 0 Å². The molecule has 2 fully saturated rings. The van der Waals surface area contributed by atoms with Gasteiger partial charge in [0.25, 0.3) is 12.6 Å². The van der Waals surface area contributed by atoms with Crippen LogP contribution >= 0.6 is 0 Å². The smallest absolute Gasteiger partial charge is 0.250 e. The maximum atomic E-state index is 8.87. The van der Waals surface area contributed by atoms with Crippen molar-refractivity contribution in [2.45, 2.75) is 44.1 Å². The highest BCUT2D eigenvalue weighted by Crippen LogP contribution is 2.33. The van der Waals surface area contributed by atoms with Gasteiger partial charge < -0.3 is 18.9 Å². The molecule has 17 heavy (non-hydrogen) atoms. The first kappa shape index (κ1) is 12.3. The van der Waals surface area contributed by atoms with Crippen molar-refractivity contribution in [3.8, 4) is 12.1 Å². The molecule has 2 unspecified atom stereocenters. The summed E-state index contributed by atoms with van der Waals surface area (Å²) in [6.07, 6.45) is 0.802. The number of nitriles is 2. The summed E-state index contributed by atoms with van der Waals surface area (Å²) < 4.78 is 21.5. The molecule has 92 valence electrons. The second-order valence-corrected chi connectivity index (χ2v) is 4.02. The van der Waals surface area contributed by atoms with Gasteiger partial charge in [-0.25, -0.2) is 0 Å². The zero-order valence-corrected chi connectivity index (χ0v) is 9.42. The van der Waals surface area contributed by atoms with E-state index in [9.17, 15) is 0 Å². The van der Waals surface area contributed by atoms with Crippen LogP contribution in [0, 0.1) is 22.7 Å². The first-order valence-corrected chi connectivity index (χ1v) is 5.66. The van der Waals surface area contributed by atoms with Crippen molar-refractivity contribution in [3.63, 3.8) is 0 Å². The Bertz CT molecular complexity index is 312. The van der Waals surface area contributed by atoms with Gasteiger partial charge in [0.1, 0.15) is 12.1 Å². The van der Waals surface area contributed by atoms with Gasteiger partial charge in [0.2, 0.25) is 0 Å². The molecular formula is C11H14N2O4. The van der Waals surface area contributed by atoms with Gasteiger partial charge in [-0.15, -0.1) is 0 Å². The molecule has 0 saturated carbocycles. The highest BCUT2D eigenvalue weighted by molar-refractivity contribution is 4.87. The third-order valence-corrected chi connectivity index (χ3v) is 2.80. The largest absolute Gasteiger partial charge is 0.340 e. The SMILES string of the molecule is N#CC1OCCCC2(CCCOC(C#N)O2)O1. The summed E-state index contributed by atoms with van der Waals surface area (Å²) in [6.45, 7) is 0.919. The van der Waals surface area contributed by atoms with E-state index in [0.717, 1.165) is 12.8 Å². The van der Waals surface area contributed by atoms with Crippen molar-refractivity contribution in [1.82, 2.24) is 0 Å². The summed E-state index contributed by atoms with van der Waals surface area (Å²) in [5.74, 6) is -0.923. The average molecular weight is 238 g/mol. The Morgan fingerprint density at radius 3 is 1.76 bits per heavy atom. The van der Waals surface area contributed by atoms with E-state index in [4.69, 9.17) is 29.5 Å². The Morgan fingerprint density at radius 1 is 0.882 bits per heavy atom. The van der Waals surface area contributed by atoms with Gasteiger partial charge >= 0.3 is 0 Å². The van der Waals surface area contributed by atoms with Gasteiger partial charge in [0.15, 0.2) is 5.79 Å². The molecule has 2 atom stereocenters. The molecule has 2 heterocycles. The lowest BCUT2D eigenvalue weighted by Gasteiger charge is -2.32. The van der Waals surface area contributed by atoms with Crippen LogP contribution in [0.1, 0.15) is 25.7 Å². The lowest BCUT2D eigenvalue weighted by Crippen LogP contribution is -2.40. The van der Waals surface area contributed by atoms with Crippen molar-refractivity contribution in [1.29, 1.82) is 10.5 Å². The maximum absolute atomic E-state index is 8.87. The Balaban J connectivity index is 2.13. The topological polar surface area (TPSA) is 84.5 Å². The monoisotopic (exact) mass is 238 g/mol. The summed E-state index contributed by atoms with van der Waals surface area (Å²) in [4.78, 5) is 0. The minimum atomic E-state index is -0.935. The molecular weight excluding hydrogens is 224 g/mol. The molecule has 0 aromatic carbocycles. The zero-order valence-electron chi connectivity index (χ0n) is 9.42. The second-order valence-electron chi connectivity index (χ2n) is 4.02. The summed E-state index contributed by atoms with van der Waals surface area (Å²) in [5, 5.41) is 17.7. The Labute approximate surface area is 99.6 Å². The summed E-state index contributed by atoms with van der Waals surface area (Å²) >= 11 is 0.